The van der Waals surface area contributed by atoms with Gasteiger partial charge in [-0.25, -0.2) is 4.39 Å². The van der Waals surface area contributed by atoms with Crippen molar-refractivity contribution < 1.29 is 22.7 Å². The normalized spacial score (nSPS) is 12.0. The fourth-order valence-electron chi connectivity index (χ4n) is 2.43. The lowest BCUT2D eigenvalue weighted by molar-refractivity contribution is -0.121. The standard InChI is InChI=1S/C18H18F3NO2/c1-2-15(13-8-4-6-10-16(13)24-18(20)21)22-17(23)11-12-7-3-5-9-14(12)19/h3-10,15,18H,2,11H2,1H3,(H,22,23). The molecule has 3 nitrogen and oxygen atoms in total. The molecule has 2 rings (SSSR count). The Hall–Kier alpha value is -2.50. The van der Waals surface area contributed by atoms with Crippen LogP contribution in [-0.2, 0) is 11.2 Å². The van der Waals surface area contributed by atoms with Crippen molar-refractivity contribution in [3.63, 3.8) is 0 Å². The maximum Gasteiger partial charge on any atom is 0.387 e. The first-order chi connectivity index (χ1) is 11.5. The van der Waals surface area contributed by atoms with Crippen molar-refractivity contribution in [3.05, 3.63) is 65.5 Å². The molecule has 1 unspecified atom stereocenters. The van der Waals surface area contributed by atoms with E-state index in [1.807, 2.05) is 6.92 Å². The third kappa shape index (κ3) is 4.75. The van der Waals surface area contributed by atoms with Crippen molar-refractivity contribution in [3.8, 4) is 5.75 Å². The summed E-state index contributed by atoms with van der Waals surface area (Å²) in [6, 6.07) is 11.8. The first-order valence-electron chi connectivity index (χ1n) is 7.57. The van der Waals surface area contributed by atoms with Crippen LogP contribution in [0.15, 0.2) is 48.5 Å². The van der Waals surface area contributed by atoms with Gasteiger partial charge in [-0.3, -0.25) is 4.79 Å². The lowest BCUT2D eigenvalue weighted by Gasteiger charge is -2.20. The predicted molar refractivity (Wildman–Crippen MR) is 84.4 cm³/mol. The molecule has 0 aromatic heterocycles. The molecule has 1 N–H and O–H groups in total. The van der Waals surface area contributed by atoms with Crippen molar-refractivity contribution in [2.75, 3.05) is 0 Å². The zero-order valence-electron chi connectivity index (χ0n) is 13.1. The summed E-state index contributed by atoms with van der Waals surface area (Å²) in [5.74, 6) is -0.827. The van der Waals surface area contributed by atoms with Gasteiger partial charge in [-0.1, -0.05) is 43.3 Å². The summed E-state index contributed by atoms with van der Waals surface area (Å²) in [5.41, 5.74) is 0.740. The van der Waals surface area contributed by atoms with Crippen LogP contribution in [0, 0.1) is 5.82 Å². The number of ether oxygens (including phenoxy) is 1. The number of alkyl halides is 2. The van der Waals surface area contributed by atoms with Gasteiger partial charge in [-0.15, -0.1) is 0 Å². The minimum absolute atomic E-state index is 0.0190. The molecule has 128 valence electrons. The molecule has 24 heavy (non-hydrogen) atoms. The van der Waals surface area contributed by atoms with E-state index in [1.54, 1.807) is 30.3 Å². The molecule has 0 spiro atoms. The van der Waals surface area contributed by atoms with Crippen LogP contribution < -0.4 is 10.1 Å². The highest BCUT2D eigenvalue weighted by atomic mass is 19.3. The van der Waals surface area contributed by atoms with Crippen molar-refractivity contribution >= 4 is 5.91 Å². The zero-order valence-corrected chi connectivity index (χ0v) is 13.1. The lowest BCUT2D eigenvalue weighted by atomic mass is 10.0. The van der Waals surface area contributed by atoms with Gasteiger partial charge in [0.15, 0.2) is 0 Å². The molecule has 0 saturated heterocycles. The van der Waals surface area contributed by atoms with E-state index in [2.05, 4.69) is 10.1 Å². The highest BCUT2D eigenvalue weighted by molar-refractivity contribution is 5.79. The molecule has 2 aromatic carbocycles. The van der Waals surface area contributed by atoms with E-state index in [4.69, 9.17) is 0 Å². The first-order valence-corrected chi connectivity index (χ1v) is 7.57. The average molecular weight is 337 g/mol. The van der Waals surface area contributed by atoms with Crippen molar-refractivity contribution in [1.29, 1.82) is 0 Å². The van der Waals surface area contributed by atoms with E-state index in [1.165, 1.54) is 18.2 Å². The highest BCUT2D eigenvalue weighted by Gasteiger charge is 2.19. The largest absolute Gasteiger partial charge is 0.434 e. The molecule has 1 amide bonds. The summed E-state index contributed by atoms with van der Waals surface area (Å²) in [7, 11) is 0. The number of carbonyl (C=O) groups excluding carboxylic acids is 1. The molecule has 0 aliphatic rings. The Balaban J connectivity index is 2.12. The highest BCUT2D eigenvalue weighted by Crippen LogP contribution is 2.28. The van der Waals surface area contributed by atoms with Gasteiger partial charge in [-0.05, 0) is 24.1 Å². The monoisotopic (exact) mass is 337 g/mol. The summed E-state index contributed by atoms with van der Waals surface area (Å²) in [4.78, 5) is 12.2. The molecule has 0 heterocycles. The van der Waals surface area contributed by atoms with Crippen LogP contribution in [0.5, 0.6) is 5.75 Å². The number of hydrogen-bond donors (Lipinski definition) is 1. The summed E-state index contributed by atoms with van der Waals surface area (Å²) < 4.78 is 43.1. The molecule has 0 fully saturated rings. The number of halogens is 3. The van der Waals surface area contributed by atoms with Crippen LogP contribution in [0.2, 0.25) is 0 Å². The van der Waals surface area contributed by atoms with Crippen molar-refractivity contribution in [2.45, 2.75) is 32.4 Å². The number of rotatable bonds is 7. The fourth-order valence-corrected chi connectivity index (χ4v) is 2.43. The maximum atomic E-state index is 13.6. The second-order valence-corrected chi connectivity index (χ2v) is 5.21. The maximum absolute atomic E-state index is 13.6. The second kappa shape index (κ2) is 8.38. The molecule has 6 heteroatoms. The van der Waals surface area contributed by atoms with E-state index in [0.29, 0.717) is 12.0 Å². The summed E-state index contributed by atoms with van der Waals surface area (Å²) in [6.07, 6.45) is 0.355. The molecule has 1 atom stereocenters. The second-order valence-electron chi connectivity index (χ2n) is 5.21. The molecule has 0 aliphatic carbocycles. The van der Waals surface area contributed by atoms with Gasteiger partial charge in [-0.2, -0.15) is 8.78 Å². The third-order valence-corrected chi connectivity index (χ3v) is 3.56. The van der Waals surface area contributed by atoms with Gasteiger partial charge in [0.25, 0.3) is 0 Å². The van der Waals surface area contributed by atoms with Gasteiger partial charge < -0.3 is 10.1 Å². The zero-order chi connectivity index (χ0) is 17.5. The Morgan fingerprint density at radius 1 is 1.12 bits per heavy atom. The quantitative estimate of drug-likeness (QED) is 0.821. The Kier molecular flexibility index (Phi) is 6.23. The van der Waals surface area contributed by atoms with E-state index in [9.17, 15) is 18.0 Å². The Labute approximate surface area is 138 Å². The van der Waals surface area contributed by atoms with Crippen LogP contribution in [0.1, 0.15) is 30.5 Å². The summed E-state index contributed by atoms with van der Waals surface area (Å²) in [5, 5.41) is 2.74. The number of hydrogen-bond acceptors (Lipinski definition) is 2. The number of nitrogens with one attached hydrogen (secondary N) is 1. The minimum Gasteiger partial charge on any atom is -0.434 e. The Morgan fingerprint density at radius 2 is 1.79 bits per heavy atom. The smallest absolute Gasteiger partial charge is 0.387 e. The molecular formula is C18H18F3NO2. The third-order valence-electron chi connectivity index (χ3n) is 3.56. The minimum atomic E-state index is -2.95. The Bertz CT molecular complexity index is 691. The van der Waals surface area contributed by atoms with Gasteiger partial charge >= 0.3 is 6.61 Å². The number of amides is 1. The van der Waals surface area contributed by atoms with Crippen LogP contribution in [-0.4, -0.2) is 12.5 Å². The van der Waals surface area contributed by atoms with Gasteiger partial charge in [0.1, 0.15) is 11.6 Å². The number of benzene rings is 2. The summed E-state index contributed by atoms with van der Waals surface area (Å²) in [6.45, 7) is -1.13. The Morgan fingerprint density at radius 3 is 2.46 bits per heavy atom. The van der Waals surface area contributed by atoms with Crippen molar-refractivity contribution in [2.24, 2.45) is 0 Å². The van der Waals surface area contributed by atoms with Gasteiger partial charge in [0, 0.05) is 5.56 Å². The van der Waals surface area contributed by atoms with E-state index < -0.39 is 18.5 Å². The SMILES string of the molecule is CCC(NC(=O)Cc1ccccc1F)c1ccccc1OC(F)F. The molecule has 0 saturated carbocycles. The van der Waals surface area contributed by atoms with Crippen LogP contribution >= 0.6 is 0 Å². The molecule has 0 aliphatic heterocycles. The first kappa shape index (κ1) is 17.8. The molecular weight excluding hydrogens is 319 g/mol. The van der Waals surface area contributed by atoms with Crippen molar-refractivity contribution in [1.82, 2.24) is 5.32 Å². The lowest BCUT2D eigenvalue weighted by Crippen LogP contribution is -2.30. The predicted octanol–water partition coefficient (Wildman–Crippen LogP) is 4.24. The molecule has 0 radical (unpaired) electrons. The summed E-state index contributed by atoms with van der Waals surface area (Å²) >= 11 is 0. The van der Waals surface area contributed by atoms with Crippen LogP contribution in [0.3, 0.4) is 0 Å². The van der Waals surface area contributed by atoms with E-state index in [0.717, 1.165) is 0 Å². The fraction of sp³-hybridized carbons (Fsp3) is 0.278. The topological polar surface area (TPSA) is 38.3 Å². The van der Waals surface area contributed by atoms with Crippen LogP contribution in [0.25, 0.3) is 0 Å². The number of para-hydroxylation sites is 1. The van der Waals surface area contributed by atoms with Gasteiger partial charge in [0.2, 0.25) is 5.91 Å². The van der Waals surface area contributed by atoms with Gasteiger partial charge in [0.05, 0.1) is 12.5 Å². The van der Waals surface area contributed by atoms with Crippen LogP contribution in [0.4, 0.5) is 13.2 Å². The average Bonchev–Trinajstić information content (AvgIpc) is 2.55. The molecule has 0 bridgehead atoms. The number of carbonyl (C=O) groups is 1. The van der Waals surface area contributed by atoms with E-state index in [-0.39, 0.29) is 23.6 Å². The van der Waals surface area contributed by atoms with E-state index >= 15 is 0 Å². The molecule has 2 aromatic rings.